The van der Waals surface area contributed by atoms with Crippen LogP contribution in [0.5, 0.6) is 0 Å². The van der Waals surface area contributed by atoms with E-state index in [1.54, 1.807) is 50.1 Å². The Balaban J connectivity index is -0.000000309. The van der Waals surface area contributed by atoms with Gasteiger partial charge in [0.05, 0.1) is 25.3 Å². The van der Waals surface area contributed by atoms with Crippen LogP contribution in [0.25, 0.3) is 10.8 Å². The van der Waals surface area contributed by atoms with Crippen LogP contribution in [0, 0.1) is 0 Å². The van der Waals surface area contributed by atoms with Crippen LogP contribution in [0.4, 0.5) is 0 Å². The zero-order valence-electron chi connectivity index (χ0n) is 17.5. The summed E-state index contributed by atoms with van der Waals surface area (Å²) in [6, 6.07) is 0. The van der Waals surface area contributed by atoms with Crippen molar-refractivity contribution >= 4 is 34.8 Å². The van der Waals surface area contributed by atoms with Crippen LogP contribution < -0.4 is 0 Å². The van der Waals surface area contributed by atoms with Crippen molar-refractivity contribution < 1.29 is 16.5 Å². The number of hydrogen-bond donors (Lipinski definition) is 0. The monoisotopic (exact) mass is 502 g/mol. The molecular formula is C18H24N10NiS2. The van der Waals surface area contributed by atoms with Crippen LogP contribution >= 0.6 is 24.4 Å². The maximum atomic E-state index is 7.13. The Morgan fingerprint density at radius 1 is 0.548 bits per heavy atom. The molecule has 13 heteroatoms. The second-order valence-corrected chi connectivity index (χ2v) is 5.46. The molecule has 0 aliphatic heterocycles. The van der Waals surface area contributed by atoms with Crippen molar-refractivity contribution in [1.82, 2.24) is 38.2 Å². The second-order valence-electron chi connectivity index (χ2n) is 5.10. The molecule has 0 N–H and O–H groups in total. The van der Waals surface area contributed by atoms with E-state index in [4.69, 9.17) is 10.8 Å². The Labute approximate surface area is 203 Å². The molecule has 4 aromatic rings. The van der Waals surface area contributed by atoms with Crippen molar-refractivity contribution in [2.24, 2.45) is 28.2 Å². The maximum Gasteiger partial charge on any atom is 2.00 e. The summed E-state index contributed by atoms with van der Waals surface area (Å²) in [5.41, 5.74) is 0. The molecule has 0 amide bonds. The SMILES string of the molecule is Cn1ccnc1.Cn1ccnc1.Cn1ccnc1.Cn1ccnc1.[N-]=C=S.[N-]=C=S.[Ni+2]. The summed E-state index contributed by atoms with van der Waals surface area (Å²) in [7, 11) is 7.75. The van der Waals surface area contributed by atoms with Gasteiger partial charge >= 0.3 is 16.5 Å². The largest absolute Gasteiger partial charge is 2.00 e. The smallest absolute Gasteiger partial charge is 0.753 e. The van der Waals surface area contributed by atoms with Gasteiger partial charge in [-0.3, -0.25) is 0 Å². The summed E-state index contributed by atoms with van der Waals surface area (Å²) in [6.07, 6.45) is 21.6. The van der Waals surface area contributed by atoms with Crippen molar-refractivity contribution in [2.75, 3.05) is 0 Å². The molecule has 10 nitrogen and oxygen atoms in total. The fraction of sp³-hybridized carbons (Fsp3) is 0.222. The summed E-state index contributed by atoms with van der Waals surface area (Å²) in [6.45, 7) is 0. The number of aromatic nitrogens is 8. The van der Waals surface area contributed by atoms with E-state index in [1.807, 2.05) is 71.2 Å². The Bertz CT molecular complexity index is 737. The Morgan fingerprint density at radius 2 is 0.710 bits per heavy atom. The van der Waals surface area contributed by atoms with Crippen molar-refractivity contribution in [3.8, 4) is 0 Å². The minimum Gasteiger partial charge on any atom is -0.753 e. The summed E-state index contributed by atoms with van der Waals surface area (Å²) >= 11 is 7.40. The molecule has 0 aliphatic carbocycles. The number of imidazole rings is 4. The van der Waals surface area contributed by atoms with Crippen LogP contribution in [-0.4, -0.2) is 48.5 Å². The normalized spacial score (nSPS) is 7.35. The van der Waals surface area contributed by atoms with Crippen LogP contribution in [0.3, 0.4) is 0 Å². The zero-order chi connectivity index (χ0) is 23.0. The minimum atomic E-state index is 0. The number of aryl methyl sites for hydroxylation is 4. The van der Waals surface area contributed by atoms with Crippen LogP contribution in [0.1, 0.15) is 0 Å². The van der Waals surface area contributed by atoms with E-state index in [1.165, 1.54) is 10.3 Å². The van der Waals surface area contributed by atoms with E-state index < -0.39 is 0 Å². The van der Waals surface area contributed by atoms with Crippen molar-refractivity contribution in [1.29, 1.82) is 0 Å². The van der Waals surface area contributed by atoms with E-state index >= 15 is 0 Å². The predicted octanol–water partition coefficient (Wildman–Crippen LogP) is 3.00. The van der Waals surface area contributed by atoms with Gasteiger partial charge in [0, 0.05) is 77.8 Å². The molecule has 4 aromatic heterocycles. The van der Waals surface area contributed by atoms with Crippen molar-refractivity contribution in [2.45, 2.75) is 0 Å². The topological polar surface area (TPSA) is 116 Å². The first-order chi connectivity index (χ1) is 14.4. The van der Waals surface area contributed by atoms with Gasteiger partial charge in [0.15, 0.2) is 0 Å². The van der Waals surface area contributed by atoms with E-state index in [-0.39, 0.29) is 16.5 Å². The molecule has 0 saturated carbocycles. The Hall–Kier alpha value is -3.07. The summed E-state index contributed by atoms with van der Waals surface area (Å²) in [5.74, 6) is 0. The maximum absolute atomic E-state index is 7.13. The number of rotatable bonds is 0. The van der Waals surface area contributed by atoms with E-state index in [2.05, 4.69) is 44.4 Å². The number of nitrogens with zero attached hydrogens (tertiary/aromatic N) is 10. The molecule has 168 valence electrons. The van der Waals surface area contributed by atoms with Gasteiger partial charge < -0.3 is 29.1 Å². The molecule has 0 fully saturated rings. The molecule has 0 unspecified atom stereocenters. The average Bonchev–Trinajstić information content (AvgIpc) is 3.49. The molecule has 31 heavy (non-hydrogen) atoms. The van der Waals surface area contributed by atoms with E-state index in [9.17, 15) is 0 Å². The molecule has 0 aliphatic rings. The molecule has 0 saturated heterocycles. The van der Waals surface area contributed by atoms with Gasteiger partial charge in [-0.1, -0.05) is 24.4 Å². The quantitative estimate of drug-likeness (QED) is 0.207. The fourth-order valence-corrected chi connectivity index (χ4v) is 1.30. The number of hydrogen-bond acceptors (Lipinski definition) is 6. The molecule has 0 aromatic carbocycles. The van der Waals surface area contributed by atoms with Gasteiger partial charge in [0.1, 0.15) is 0 Å². The van der Waals surface area contributed by atoms with Gasteiger partial charge in [-0.15, -0.1) is 0 Å². The predicted molar refractivity (Wildman–Crippen MR) is 125 cm³/mol. The molecule has 0 atom stereocenters. The van der Waals surface area contributed by atoms with Gasteiger partial charge in [-0.25, -0.2) is 19.9 Å². The van der Waals surface area contributed by atoms with Crippen LogP contribution in [0.2, 0.25) is 0 Å². The third kappa shape index (κ3) is 26.9. The average molecular weight is 503 g/mol. The molecule has 0 spiro atoms. The fourth-order valence-electron chi connectivity index (χ4n) is 1.30. The van der Waals surface area contributed by atoms with Crippen LogP contribution in [-0.2, 0) is 44.7 Å². The molecule has 0 bridgehead atoms. The first kappa shape index (κ1) is 32.6. The van der Waals surface area contributed by atoms with Gasteiger partial charge in [-0.2, -0.15) is 10.3 Å². The molecule has 4 rings (SSSR count). The van der Waals surface area contributed by atoms with Gasteiger partial charge in [0.2, 0.25) is 0 Å². The van der Waals surface area contributed by atoms with Crippen molar-refractivity contribution in [3.63, 3.8) is 0 Å². The molecular weight excluding hydrogens is 479 g/mol. The summed E-state index contributed by atoms with van der Waals surface area (Å²) in [4.78, 5) is 15.1. The summed E-state index contributed by atoms with van der Waals surface area (Å²) in [5, 5.41) is 16.9. The first-order valence-corrected chi connectivity index (χ1v) is 8.93. The van der Waals surface area contributed by atoms with E-state index in [0.717, 1.165) is 0 Å². The van der Waals surface area contributed by atoms with E-state index in [0.29, 0.717) is 0 Å². The van der Waals surface area contributed by atoms with Crippen molar-refractivity contribution in [3.05, 3.63) is 85.7 Å². The third-order valence-corrected chi connectivity index (χ3v) is 2.55. The third-order valence-electron chi connectivity index (χ3n) is 2.55. The summed E-state index contributed by atoms with van der Waals surface area (Å²) < 4.78 is 7.56. The molecule has 4 heterocycles. The Kier molecular flexibility index (Phi) is 26.3. The van der Waals surface area contributed by atoms with Gasteiger partial charge in [0.25, 0.3) is 0 Å². The Morgan fingerprint density at radius 3 is 0.742 bits per heavy atom. The molecule has 0 radical (unpaired) electrons. The first-order valence-electron chi connectivity index (χ1n) is 8.11. The van der Waals surface area contributed by atoms with Gasteiger partial charge in [-0.05, 0) is 0 Å². The number of thiocarbonyl (C=S) groups is 2. The zero-order valence-corrected chi connectivity index (χ0v) is 20.2. The minimum absolute atomic E-state index is 0. The standard InChI is InChI=1S/4C4H6N2.2CNS.Ni/c4*1-6-3-2-5-4-6;2*2-1-3;/h4*2-4H,1H3;;;/q;;;;2*-1;+2. The van der Waals surface area contributed by atoms with Crippen LogP contribution in [0.15, 0.2) is 74.9 Å². The second kappa shape index (κ2) is 25.0. The number of isothiocyanates is 2.